The Morgan fingerprint density at radius 3 is 3.40 bits per heavy atom. The Balaban J connectivity index is 0.000000810. The summed E-state index contributed by atoms with van der Waals surface area (Å²) in [5.41, 5.74) is 3.39. The molecule has 1 N–H and O–H groups in total. The molecule has 2 heterocycles. The van der Waals surface area contributed by atoms with Crippen LogP contribution in [0.1, 0.15) is 13.4 Å². The minimum absolute atomic E-state index is 0. The number of rotatable bonds is 0. The van der Waals surface area contributed by atoms with E-state index in [1.807, 2.05) is 18.5 Å². The SMILES string of the molecule is Fc1ccc2c(c1)NC1=CN=CC3CC123.[HH]. The van der Waals surface area contributed by atoms with Crippen LogP contribution in [-0.2, 0) is 5.41 Å². The molecular weight excluding hydrogens is 191 g/mol. The lowest BCUT2D eigenvalue weighted by Gasteiger charge is -2.12. The highest BCUT2D eigenvalue weighted by atomic mass is 19.1. The van der Waals surface area contributed by atoms with Gasteiger partial charge in [-0.05, 0) is 24.1 Å². The summed E-state index contributed by atoms with van der Waals surface area (Å²) in [6.07, 6.45) is 4.97. The van der Waals surface area contributed by atoms with Crippen LogP contribution in [0.2, 0.25) is 0 Å². The lowest BCUT2D eigenvalue weighted by molar-refractivity contribution is 0.627. The maximum Gasteiger partial charge on any atom is 0.125 e. The molecule has 1 fully saturated rings. The van der Waals surface area contributed by atoms with E-state index >= 15 is 0 Å². The molecular formula is C12H11FN2. The van der Waals surface area contributed by atoms with Crippen LogP contribution in [0.5, 0.6) is 0 Å². The van der Waals surface area contributed by atoms with E-state index in [2.05, 4.69) is 10.3 Å². The summed E-state index contributed by atoms with van der Waals surface area (Å²) in [5, 5.41) is 3.27. The van der Waals surface area contributed by atoms with Crippen molar-refractivity contribution in [2.75, 3.05) is 5.32 Å². The molecule has 3 aliphatic rings. The minimum atomic E-state index is -0.185. The van der Waals surface area contributed by atoms with Gasteiger partial charge >= 0.3 is 0 Å². The van der Waals surface area contributed by atoms with Crippen molar-refractivity contribution in [3.05, 3.63) is 41.5 Å². The van der Waals surface area contributed by atoms with Crippen molar-refractivity contribution in [2.24, 2.45) is 10.9 Å². The molecule has 3 heteroatoms. The predicted octanol–water partition coefficient (Wildman–Crippen LogP) is 2.68. The van der Waals surface area contributed by atoms with E-state index < -0.39 is 0 Å². The molecule has 2 aliphatic heterocycles. The minimum Gasteiger partial charge on any atom is -0.357 e. The third-order valence-corrected chi connectivity index (χ3v) is 3.70. The van der Waals surface area contributed by atoms with Crippen molar-refractivity contribution in [3.8, 4) is 0 Å². The number of nitrogens with one attached hydrogen (secondary N) is 1. The Morgan fingerprint density at radius 2 is 2.47 bits per heavy atom. The van der Waals surface area contributed by atoms with Gasteiger partial charge in [-0.1, -0.05) is 6.07 Å². The van der Waals surface area contributed by atoms with E-state index in [1.165, 1.54) is 5.56 Å². The molecule has 0 amide bonds. The van der Waals surface area contributed by atoms with Gasteiger partial charge in [0.1, 0.15) is 5.82 Å². The molecule has 1 aromatic rings. The first-order valence-corrected chi connectivity index (χ1v) is 5.12. The van der Waals surface area contributed by atoms with E-state index in [9.17, 15) is 4.39 Å². The molecule has 2 nitrogen and oxygen atoms in total. The van der Waals surface area contributed by atoms with Crippen molar-refractivity contribution in [2.45, 2.75) is 11.8 Å². The van der Waals surface area contributed by atoms with Crippen LogP contribution < -0.4 is 5.32 Å². The summed E-state index contributed by atoms with van der Waals surface area (Å²) in [4.78, 5) is 4.20. The Kier molecular flexibility index (Phi) is 1.08. The van der Waals surface area contributed by atoms with Gasteiger partial charge in [0.15, 0.2) is 0 Å². The standard InChI is InChI=1S/C12H9FN2.H2/c13-8-1-2-9-10(3-8)15-11-6-14-5-7-4-12(7,9)11;/h1-3,5-7,15H,4H2;1H. The number of halogens is 1. The maximum absolute atomic E-state index is 13.1. The van der Waals surface area contributed by atoms with E-state index in [1.54, 1.807) is 12.1 Å². The van der Waals surface area contributed by atoms with E-state index in [4.69, 9.17) is 0 Å². The molecule has 0 saturated heterocycles. The van der Waals surface area contributed by atoms with Crippen LogP contribution in [0, 0.1) is 11.7 Å². The fraction of sp³-hybridized carbons (Fsp3) is 0.250. The van der Waals surface area contributed by atoms with Crippen molar-refractivity contribution in [3.63, 3.8) is 0 Å². The Bertz CT molecular complexity index is 538. The lowest BCUT2D eigenvalue weighted by atomic mass is 9.92. The highest BCUT2D eigenvalue weighted by Crippen LogP contribution is 2.64. The third kappa shape index (κ3) is 0.739. The van der Waals surface area contributed by atoms with Crippen LogP contribution in [0.4, 0.5) is 10.1 Å². The van der Waals surface area contributed by atoms with Gasteiger partial charge in [-0.3, -0.25) is 4.99 Å². The van der Waals surface area contributed by atoms with E-state index in [-0.39, 0.29) is 12.7 Å². The van der Waals surface area contributed by atoms with Crippen LogP contribution in [0.15, 0.2) is 35.1 Å². The van der Waals surface area contributed by atoms with E-state index in [0.717, 1.165) is 17.8 Å². The average molecular weight is 202 g/mol. The van der Waals surface area contributed by atoms with Gasteiger partial charge in [-0.25, -0.2) is 4.39 Å². The zero-order chi connectivity index (χ0) is 10.0. The van der Waals surface area contributed by atoms with Crippen LogP contribution >= 0.6 is 0 Å². The number of aliphatic imine (C=N–C) groups is 1. The number of nitrogens with zero attached hydrogens (tertiary/aromatic N) is 1. The summed E-state index contributed by atoms with van der Waals surface area (Å²) >= 11 is 0. The molecule has 4 rings (SSSR count). The Morgan fingerprint density at radius 1 is 1.53 bits per heavy atom. The van der Waals surface area contributed by atoms with Gasteiger partial charge < -0.3 is 5.32 Å². The van der Waals surface area contributed by atoms with Gasteiger partial charge in [0, 0.05) is 36.6 Å². The van der Waals surface area contributed by atoms with Crippen molar-refractivity contribution in [1.82, 2.24) is 0 Å². The normalized spacial score (nSPS) is 33.7. The van der Waals surface area contributed by atoms with Crippen molar-refractivity contribution >= 4 is 11.9 Å². The zero-order valence-corrected chi connectivity index (χ0v) is 8.00. The summed E-state index contributed by atoms with van der Waals surface area (Å²) < 4.78 is 13.1. The summed E-state index contributed by atoms with van der Waals surface area (Å²) in [6, 6.07) is 5.01. The average Bonchev–Trinajstić information content (AvgIpc) is 2.87. The topological polar surface area (TPSA) is 24.4 Å². The number of benzene rings is 1. The number of hydrogen-bond acceptors (Lipinski definition) is 2. The second-order valence-corrected chi connectivity index (χ2v) is 4.44. The molecule has 1 aliphatic carbocycles. The van der Waals surface area contributed by atoms with Gasteiger partial charge in [-0.15, -0.1) is 0 Å². The summed E-state index contributed by atoms with van der Waals surface area (Å²) in [6.45, 7) is 0. The molecule has 0 aromatic heterocycles. The highest BCUT2D eigenvalue weighted by Gasteiger charge is 2.62. The summed E-state index contributed by atoms with van der Waals surface area (Å²) in [7, 11) is 0. The van der Waals surface area contributed by atoms with Gasteiger partial charge in [0.05, 0.1) is 0 Å². The fourth-order valence-corrected chi connectivity index (χ4v) is 2.87. The first-order valence-electron chi connectivity index (χ1n) is 5.12. The fourth-order valence-electron chi connectivity index (χ4n) is 2.87. The van der Waals surface area contributed by atoms with Crippen molar-refractivity contribution in [1.29, 1.82) is 0 Å². The molecule has 1 spiro atoms. The van der Waals surface area contributed by atoms with E-state index in [0.29, 0.717) is 5.92 Å². The van der Waals surface area contributed by atoms with Gasteiger partial charge in [0.25, 0.3) is 0 Å². The number of anilines is 1. The van der Waals surface area contributed by atoms with Gasteiger partial charge in [-0.2, -0.15) is 0 Å². The van der Waals surface area contributed by atoms with Crippen molar-refractivity contribution < 1.29 is 5.82 Å². The Hall–Kier alpha value is -1.64. The second kappa shape index (κ2) is 2.13. The smallest absolute Gasteiger partial charge is 0.125 e. The monoisotopic (exact) mass is 202 g/mol. The largest absolute Gasteiger partial charge is 0.357 e. The lowest BCUT2D eigenvalue weighted by Crippen LogP contribution is -2.13. The van der Waals surface area contributed by atoms with Gasteiger partial charge in [0.2, 0.25) is 0 Å². The number of fused-ring (bicyclic) bond motifs is 1. The molecule has 0 radical (unpaired) electrons. The zero-order valence-electron chi connectivity index (χ0n) is 8.00. The molecule has 76 valence electrons. The summed E-state index contributed by atoms with van der Waals surface area (Å²) in [5.74, 6) is 0.326. The predicted molar refractivity (Wildman–Crippen MR) is 58.5 cm³/mol. The second-order valence-electron chi connectivity index (χ2n) is 4.44. The molecule has 0 bridgehead atoms. The first kappa shape index (κ1) is 7.63. The molecule has 2 unspecified atom stereocenters. The molecule has 15 heavy (non-hydrogen) atoms. The first-order chi connectivity index (χ1) is 7.30. The quantitative estimate of drug-likeness (QED) is 0.687. The third-order valence-electron chi connectivity index (χ3n) is 3.70. The Labute approximate surface area is 88.0 Å². The maximum atomic E-state index is 13.1. The van der Waals surface area contributed by atoms with Crippen LogP contribution in [0.25, 0.3) is 0 Å². The van der Waals surface area contributed by atoms with Crippen LogP contribution in [0.3, 0.4) is 0 Å². The molecule has 1 aromatic carbocycles. The number of allylic oxidation sites excluding steroid dienone is 1. The van der Waals surface area contributed by atoms with Crippen LogP contribution in [-0.4, -0.2) is 6.21 Å². The molecule has 1 saturated carbocycles. The number of hydrogen-bond donors (Lipinski definition) is 1. The highest BCUT2D eigenvalue weighted by molar-refractivity contribution is 5.83. The molecule has 2 atom stereocenters.